The molecule has 17 heteroatoms. The van der Waals surface area contributed by atoms with E-state index in [0.717, 1.165) is 0 Å². The van der Waals surface area contributed by atoms with E-state index in [1.807, 2.05) is 0 Å². The Morgan fingerprint density at radius 2 is 0.471 bits per heavy atom. The minimum absolute atomic E-state index is 0. The van der Waals surface area contributed by atoms with Crippen molar-refractivity contribution in [3.8, 4) is 0 Å². The van der Waals surface area contributed by atoms with Crippen molar-refractivity contribution in [2.45, 2.75) is 0 Å². The normalized spacial score (nSPS) is 4.76. The van der Waals surface area contributed by atoms with Crippen molar-refractivity contribution in [2.24, 2.45) is 0 Å². The molecule has 0 amide bonds. The first kappa shape index (κ1) is 50.8. The third-order valence-electron chi connectivity index (χ3n) is 0. The van der Waals surface area contributed by atoms with Gasteiger partial charge in [0.05, 0.1) is 0 Å². The zero-order chi connectivity index (χ0) is 10.7. The van der Waals surface area contributed by atoms with Crippen molar-refractivity contribution < 1.29 is 132 Å². The standard InChI is InChI=1S/3BH3O3.ClH.Cs.3H2O.H/c3*2-1(3)4;;;;;;/h3*2-4H;1H;;3*1H2;/q;;;;+1;;;;-1. The summed E-state index contributed by atoms with van der Waals surface area (Å²) >= 11 is 0. The summed E-state index contributed by atoms with van der Waals surface area (Å²) in [6.45, 7) is 0. The molecule has 0 spiro atoms. The fourth-order valence-corrected chi connectivity index (χ4v) is 0. The molecule has 0 heterocycles. The number of hydrogen-bond donors (Lipinski definition) is 9. The van der Waals surface area contributed by atoms with Crippen LogP contribution in [0, 0.1) is 0 Å². The van der Waals surface area contributed by atoms with Gasteiger partial charge in [0.2, 0.25) is 0 Å². The van der Waals surface area contributed by atoms with Gasteiger partial charge in [-0.15, -0.1) is 12.4 Å². The van der Waals surface area contributed by atoms with E-state index in [2.05, 4.69) is 0 Å². The second-order valence-electron chi connectivity index (χ2n) is 1.04. The molecule has 106 valence electrons. The SMILES string of the molecule is Cl.O.O.O.OB(O)O.OB(O)O.OB(O)O.[Cs+].[H-]. The Bertz CT molecular complexity index is 55.8. The van der Waals surface area contributed by atoms with Crippen molar-refractivity contribution in [3.05, 3.63) is 0 Å². The second-order valence-corrected chi connectivity index (χ2v) is 1.04. The van der Waals surface area contributed by atoms with Gasteiger partial charge in [-0.1, -0.05) is 0 Å². The van der Waals surface area contributed by atoms with Crippen LogP contribution in [0.4, 0.5) is 0 Å². The average molecular weight is 410 g/mol. The van der Waals surface area contributed by atoms with Crippen LogP contribution in [0.25, 0.3) is 0 Å². The maximum Gasteiger partial charge on any atom is 1.00 e. The van der Waals surface area contributed by atoms with Crippen LogP contribution in [0.2, 0.25) is 0 Å². The summed E-state index contributed by atoms with van der Waals surface area (Å²) in [6.07, 6.45) is 0. The molecule has 12 nitrogen and oxygen atoms in total. The molecule has 0 aliphatic heterocycles. The summed E-state index contributed by atoms with van der Waals surface area (Å²) in [5.41, 5.74) is 0. The predicted octanol–water partition coefficient (Wildman–Crippen LogP) is -11.1. The molecule has 0 aromatic heterocycles. The third kappa shape index (κ3) is 1100. The zero-order valence-electron chi connectivity index (χ0n) is 9.67. The molecule has 0 atom stereocenters. The van der Waals surface area contributed by atoms with Gasteiger partial charge >= 0.3 is 90.9 Å². The largest absolute Gasteiger partial charge is 1.00 e. The van der Waals surface area contributed by atoms with Crippen LogP contribution in [-0.4, -0.2) is 83.6 Å². The molecule has 0 aromatic carbocycles. The monoisotopic (exact) mass is 410 g/mol. The topological polar surface area (TPSA) is 277 Å². The fraction of sp³-hybridized carbons (Fsp3) is 0. The molecular weight excluding hydrogens is 393 g/mol. The third-order valence-corrected chi connectivity index (χ3v) is 0. The van der Waals surface area contributed by atoms with Gasteiger partial charge in [0, 0.05) is 0 Å². The first-order valence-electron chi connectivity index (χ1n) is 2.32. The molecule has 0 aromatic rings. The van der Waals surface area contributed by atoms with Crippen LogP contribution >= 0.6 is 12.4 Å². The van der Waals surface area contributed by atoms with Crippen molar-refractivity contribution in [1.82, 2.24) is 0 Å². The molecular formula is H17B3ClCsO12. The summed E-state index contributed by atoms with van der Waals surface area (Å²) in [7, 11) is -6.50. The molecule has 0 radical (unpaired) electrons. The van der Waals surface area contributed by atoms with Crippen LogP contribution in [0.15, 0.2) is 0 Å². The molecule has 0 rings (SSSR count). The van der Waals surface area contributed by atoms with Crippen molar-refractivity contribution in [1.29, 1.82) is 0 Å². The first-order valence-corrected chi connectivity index (χ1v) is 2.32. The number of rotatable bonds is 0. The minimum Gasteiger partial charge on any atom is -1.00 e. The zero-order valence-corrected chi connectivity index (χ0v) is 15.8. The van der Waals surface area contributed by atoms with Gasteiger partial charge in [-0.2, -0.15) is 0 Å². The summed E-state index contributed by atoms with van der Waals surface area (Å²) in [4.78, 5) is 0. The molecule has 0 aliphatic rings. The fourth-order valence-electron chi connectivity index (χ4n) is 0. The number of hydrogen-bond acceptors (Lipinski definition) is 9. The molecule has 0 unspecified atom stereocenters. The molecule has 0 saturated carbocycles. The Hall–Kier alpha value is 2.06. The Morgan fingerprint density at radius 3 is 0.471 bits per heavy atom. The van der Waals surface area contributed by atoms with Gasteiger partial charge in [-0.3, -0.25) is 0 Å². The van der Waals surface area contributed by atoms with Gasteiger partial charge in [-0.05, 0) is 0 Å². The molecule has 15 N–H and O–H groups in total. The quantitative estimate of drug-likeness (QED) is 0.171. The van der Waals surface area contributed by atoms with E-state index in [1.54, 1.807) is 0 Å². The van der Waals surface area contributed by atoms with Gasteiger partial charge in [0.1, 0.15) is 0 Å². The van der Waals surface area contributed by atoms with Crippen LogP contribution < -0.4 is 68.9 Å². The van der Waals surface area contributed by atoms with E-state index in [1.165, 1.54) is 0 Å². The predicted molar refractivity (Wildman–Crippen MR) is 56.4 cm³/mol. The summed E-state index contributed by atoms with van der Waals surface area (Å²) in [5.74, 6) is 0. The summed E-state index contributed by atoms with van der Waals surface area (Å²) < 4.78 is 0. The molecule has 0 fully saturated rings. The van der Waals surface area contributed by atoms with Crippen LogP contribution in [0.5, 0.6) is 0 Å². The first-order chi connectivity index (χ1) is 5.20. The summed E-state index contributed by atoms with van der Waals surface area (Å²) in [6, 6.07) is 0. The van der Waals surface area contributed by atoms with Crippen molar-refractivity contribution in [3.63, 3.8) is 0 Å². The average Bonchev–Trinajstić information content (AvgIpc) is 1.54. The van der Waals surface area contributed by atoms with E-state index < -0.39 is 22.0 Å². The maximum atomic E-state index is 7.17. The summed E-state index contributed by atoms with van der Waals surface area (Å²) in [5, 5.41) is 64.5. The van der Waals surface area contributed by atoms with Crippen LogP contribution in [-0.2, 0) is 0 Å². The Balaban J connectivity index is -0.00000000827. The van der Waals surface area contributed by atoms with Crippen molar-refractivity contribution >= 4 is 34.4 Å². The number of halogens is 1. The smallest absolute Gasteiger partial charge is 1.00 e. The molecule has 0 aliphatic carbocycles. The van der Waals surface area contributed by atoms with Gasteiger partial charge in [0.25, 0.3) is 0 Å². The van der Waals surface area contributed by atoms with Gasteiger partial charge in [-0.25, -0.2) is 0 Å². The van der Waals surface area contributed by atoms with E-state index in [-0.39, 0.29) is 99.2 Å². The Kier molecular flexibility index (Phi) is 128. The van der Waals surface area contributed by atoms with E-state index in [9.17, 15) is 0 Å². The second kappa shape index (κ2) is 43.0. The molecule has 0 saturated heterocycles. The van der Waals surface area contributed by atoms with Crippen LogP contribution in [0.3, 0.4) is 0 Å². The van der Waals surface area contributed by atoms with E-state index in [0.29, 0.717) is 0 Å². The van der Waals surface area contributed by atoms with E-state index >= 15 is 0 Å². The Labute approximate surface area is 164 Å². The van der Waals surface area contributed by atoms with Crippen LogP contribution in [0.1, 0.15) is 1.43 Å². The van der Waals surface area contributed by atoms with E-state index in [4.69, 9.17) is 45.2 Å². The molecule has 0 bridgehead atoms. The maximum absolute atomic E-state index is 7.17. The Morgan fingerprint density at radius 1 is 0.471 bits per heavy atom. The van der Waals surface area contributed by atoms with Gasteiger partial charge < -0.3 is 63.1 Å². The minimum atomic E-state index is -2.17. The van der Waals surface area contributed by atoms with Crippen molar-refractivity contribution in [2.75, 3.05) is 0 Å². The van der Waals surface area contributed by atoms with Gasteiger partial charge in [0.15, 0.2) is 0 Å². The molecule has 17 heavy (non-hydrogen) atoms.